The third-order valence-electron chi connectivity index (χ3n) is 2.93. The molecule has 0 unspecified atom stereocenters. The Morgan fingerprint density at radius 3 is 2.72 bits per heavy atom. The fourth-order valence-corrected chi connectivity index (χ4v) is 4.62. The zero-order valence-electron chi connectivity index (χ0n) is 8.91. The Morgan fingerprint density at radius 2 is 1.83 bits per heavy atom. The molecule has 4 rings (SSSR count). The second-order valence-electron chi connectivity index (χ2n) is 4.00. The summed E-state index contributed by atoms with van der Waals surface area (Å²) < 4.78 is 4.04. The van der Waals surface area contributed by atoms with E-state index in [9.17, 15) is 0 Å². The first kappa shape index (κ1) is 11.0. The molecule has 1 nitrogen and oxygen atoms in total. The fourth-order valence-electron chi connectivity index (χ4n) is 2.16. The Kier molecular flexibility index (Phi) is 2.33. The van der Waals surface area contributed by atoms with Crippen LogP contribution in [0, 0.1) is 0 Å². The third-order valence-corrected chi connectivity index (χ3v) is 5.68. The molecule has 0 saturated heterocycles. The first-order chi connectivity index (χ1) is 8.72. The highest BCUT2D eigenvalue weighted by Crippen LogP contribution is 2.40. The minimum absolute atomic E-state index is 0.588. The number of hydrogen-bond acceptors (Lipinski definition) is 3. The molecular weight excluding hydrogens is 305 g/mol. The van der Waals surface area contributed by atoms with Crippen molar-refractivity contribution in [3.63, 3.8) is 0 Å². The molecule has 4 aromatic rings. The van der Waals surface area contributed by atoms with E-state index < -0.39 is 0 Å². The molecular formula is C13H5Cl2NS2. The lowest BCUT2D eigenvalue weighted by Gasteiger charge is -1.92. The van der Waals surface area contributed by atoms with Crippen LogP contribution in [0.4, 0.5) is 0 Å². The summed E-state index contributed by atoms with van der Waals surface area (Å²) in [7, 11) is 0. The van der Waals surface area contributed by atoms with E-state index in [0.29, 0.717) is 4.47 Å². The van der Waals surface area contributed by atoms with Gasteiger partial charge in [0.2, 0.25) is 0 Å². The van der Waals surface area contributed by atoms with Gasteiger partial charge in [-0.3, -0.25) is 0 Å². The fraction of sp³-hybridized carbons (Fsp3) is 0. The Labute approximate surface area is 121 Å². The van der Waals surface area contributed by atoms with Gasteiger partial charge in [-0.1, -0.05) is 35.3 Å². The maximum atomic E-state index is 6.24. The largest absolute Gasteiger partial charge is 0.225 e. The number of nitrogens with zero attached hydrogens (tertiary/aromatic N) is 1. The zero-order chi connectivity index (χ0) is 12.3. The van der Waals surface area contributed by atoms with Crippen molar-refractivity contribution in [3.05, 3.63) is 39.8 Å². The summed E-state index contributed by atoms with van der Waals surface area (Å²) in [5.74, 6) is 0. The van der Waals surface area contributed by atoms with Crippen molar-refractivity contribution in [2.24, 2.45) is 0 Å². The maximum absolute atomic E-state index is 6.24. The van der Waals surface area contributed by atoms with Gasteiger partial charge >= 0.3 is 0 Å². The smallest absolute Gasteiger partial charge is 0.184 e. The average Bonchev–Trinajstić information content (AvgIpc) is 2.86. The van der Waals surface area contributed by atoms with Crippen molar-refractivity contribution >= 4 is 76.3 Å². The standard InChI is InChI=1S/C13H5Cl2NS2/c14-8-3-1-2-6-7-4-11-9(16-13(15)18-11)5-10(7)17-12(6)8/h1-5H. The third kappa shape index (κ3) is 1.48. The number of benzene rings is 2. The molecule has 0 radical (unpaired) electrons. The number of fused-ring (bicyclic) bond motifs is 4. The second-order valence-corrected chi connectivity index (χ2v) is 7.07. The molecule has 18 heavy (non-hydrogen) atoms. The Bertz CT molecular complexity index is 907. The predicted octanol–water partition coefficient (Wildman–Crippen LogP) is 5.97. The van der Waals surface area contributed by atoms with Gasteiger partial charge in [-0.2, -0.15) is 0 Å². The molecule has 5 heteroatoms. The number of thiazole rings is 1. The maximum Gasteiger partial charge on any atom is 0.184 e. The highest BCUT2D eigenvalue weighted by Gasteiger charge is 2.10. The van der Waals surface area contributed by atoms with Crippen LogP contribution in [-0.2, 0) is 0 Å². The van der Waals surface area contributed by atoms with Crippen LogP contribution in [0.1, 0.15) is 0 Å². The molecule has 0 aliphatic rings. The normalized spacial score (nSPS) is 11.9. The summed E-state index contributed by atoms with van der Waals surface area (Å²) in [5, 5.41) is 3.24. The van der Waals surface area contributed by atoms with Gasteiger partial charge in [0.15, 0.2) is 4.47 Å². The molecule has 2 aromatic heterocycles. The summed E-state index contributed by atoms with van der Waals surface area (Å²) in [5.41, 5.74) is 0.958. The highest BCUT2D eigenvalue weighted by atomic mass is 35.5. The van der Waals surface area contributed by atoms with Gasteiger partial charge in [-0.15, -0.1) is 22.7 Å². The van der Waals surface area contributed by atoms with Crippen molar-refractivity contribution < 1.29 is 0 Å². The molecule has 0 spiro atoms. The Balaban J connectivity index is 2.25. The van der Waals surface area contributed by atoms with Crippen LogP contribution in [0.3, 0.4) is 0 Å². The van der Waals surface area contributed by atoms with E-state index in [4.69, 9.17) is 23.2 Å². The average molecular weight is 310 g/mol. The molecule has 2 aromatic carbocycles. The van der Waals surface area contributed by atoms with Crippen LogP contribution in [0.15, 0.2) is 30.3 Å². The topological polar surface area (TPSA) is 12.9 Å². The summed E-state index contributed by atoms with van der Waals surface area (Å²) in [4.78, 5) is 4.31. The molecule has 0 fully saturated rings. The van der Waals surface area contributed by atoms with Gasteiger partial charge in [-0.05, 0) is 18.2 Å². The molecule has 0 aliphatic heterocycles. The number of aromatic nitrogens is 1. The molecule has 0 atom stereocenters. The summed E-state index contributed by atoms with van der Waals surface area (Å²) in [6.45, 7) is 0. The van der Waals surface area contributed by atoms with Gasteiger partial charge in [0.25, 0.3) is 0 Å². The summed E-state index contributed by atoms with van der Waals surface area (Å²) in [6.07, 6.45) is 0. The quantitative estimate of drug-likeness (QED) is 0.390. The lowest BCUT2D eigenvalue weighted by atomic mass is 10.1. The van der Waals surface area contributed by atoms with Crippen LogP contribution >= 0.6 is 45.9 Å². The zero-order valence-corrected chi connectivity index (χ0v) is 12.1. The summed E-state index contributed by atoms with van der Waals surface area (Å²) in [6, 6.07) is 10.3. The molecule has 0 amide bonds. The van der Waals surface area contributed by atoms with Crippen LogP contribution in [-0.4, -0.2) is 4.98 Å². The first-order valence-electron chi connectivity index (χ1n) is 5.29. The number of rotatable bonds is 0. The SMILES string of the molecule is Clc1nc2cc3sc4c(Cl)cccc4c3cc2s1. The van der Waals surface area contributed by atoms with Crippen LogP contribution < -0.4 is 0 Å². The van der Waals surface area contributed by atoms with E-state index in [-0.39, 0.29) is 0 Å². The van der Waals surface area contributed by atoms with Gasteiger partial charge in [-0.25, -0.2) is 4.98 Å². The van der Waals surface area contributed by atoms with E-state index >= 15 is 0 Å². The Morgan fingerprint density at radius 1 is 0.944 bits per heavy atom. The number of halogens is 2. The van der Waals surface area contributed by atoms with E-state index in [1.165, 1.54) is 26.8 Å². The van der Waals surface area contributed by atoms with Crippen molar-refractivity contribution in [2.45, 2.75) is 0 Å². The van der Waals surface area contributed by atoms with Gasteiger partial charge in [0.1, 0.15) is 0 Å². The monoisotopic (exact) mass is 309 g/mol. The minimum Gasteiger partial charge on any atom is -0.225 e. The lowest BCUT2D eigenvalue weighted by Crippen LogP contribution is -1.68. The molecule has 0 bridgehead atoms. The lowest BCUT2D eigenvalue weighted by molar-refractivity contribution is 1.51. The number of hydrogen-bond donors (Lipinski definition) is 0. The van der Waals surface area contributed by atoms with E-state index in [0.717, 1.165) is 19.9 Å². The summed E-state index contributed by atoms with van der Waals surface area (Å²) >= 11 is 15.4. The van der Waals surface area contributed by atoms with Gasteiger partial charge in [0.05, 0.1) is 19.9 Å². The van der Waals surface area contributed by atoms with Crippen molar-refractivity contribution in [1.82, 2.24) is 4.98 Å². The van der Waals surface area contributed by atoms with Crippen molar-refractivity contribution in [1.29, 1.82) is 0 Å². The van der Waals surface area contributed by atoms with E-state index in [1.807, 2.05) is 12.1 Å². The van der Waals surface area contributed by atoms with Gasteiger partial charge in [0, 0.05) is 15.5 Å². The molecule has 2 heterocycles. The van der Waals surface area contributed by atoms with Crippen LogP contribution in [0.5, 0.6) is 0 Å². The molecule has 0 N–H and O–H groups in total. The molecule has 0 aliphatic carbocycles. The van der Waals surface area contributed by atoms with E-state index in [1.54, 1.807) is 11.3 Å². The molecule has 0 saturated carbocycles. The van der Waals surface area contributed by atoms with Gasteiger partial charge < -0.3 is 0 Å². The van der Waals surface area contributed by atoms with E-state index in [2.05, 4.69) is 23.2 Å². The van der Waals surface area contributed by atoms with Crippen LogP contribution in [0.2, 0.25) is 9.49 Å². The first-order valence-corrected chi connectivity index (χ1v) is 7.68. The Hall–Kier alpha value is -0.870. The minimum atomic E-state index is 0.588. The van der Waals surface area contributed by atoms with Crippen LogP contribution in [0.25, 0.3) is 30.4 Å². The van der Waals surface area contributed by atoms with Crippen molar-refractivity contribution in [2.75, 3.05) is 0 Å². The van der Waals surface area contributed by atoms with Crippen molar-refractivity contribution in [3.8, 4) is 0 Å². The highest BCUT2D eigenvalue weighted by molar-refractivity contribution is 7.27. The molecule has 88 valence electrons. The number of thiophene rings is 1. The second kappa shape index (κ2) is 3.81. The predicted molar refractivity (Wildman–Crippen MR) is 82.5 cm³/mol.